The number of furan rings is 1. The summed E-state index contributed by atoms with van der Waals surface area (Å²) >= 11 is 0. The second kappa shape index (κ2) is 11.5. The third-order valence-corrected chi connectivity index (χ3v) is 5.27. The lowest BCUT2D eigenvalue weighted by Crippen LogP contribution is -2.38. The lowest BCUT2D eigenvalue weighted by Gasteiger charge is -2.11. The van der Waals surface area contributed by atoms with Gasteiger partial charge in [0, 0.05) is 33.2 Å². The number of hydrogen-bond acceptors (Lipinski definition) is 5. The maximum atomic E-state index is 12.3. The van der Waals surface area contributed by atoms with Gasteiger partial charge in [-0.2, -0.15) is 0 Å². The van der Waals surface area contributed by atoms with Crippen molar-refractivity contribution in [3.63, 3.8) is 0 Å². The number of aliphatic imine (C=N–C) groups is 1. The number of sulfonamides is 1. The molecule has 0 fully saturated rings. The number of methoxy groups -OCH3 is 1. The molecular formula is C19H28N4O4S. The summed E-state index contributed by atoms with van der Waals surface area (Å²) in [5.74, 6) is 1.57. The molecule has 0 radical (unpaired) electrons. The summed E-state index contributed by atoms with van der Waals surface area (Å²) in [6, 6.07) is 10.6. The van der Waals surface area contributed by atoms with Gasteiger partial charge < -0.3 is 19.8 Å². The number of hydrogen-bond donors (Lipinski definition) is 3. The van der Waals surface area contributed by atoms with E-state index in [-0.39, 0.29) is 11.4 Å². The predicted molar refractivity (Wildman–Crippen MR) is 109 cm³/mol. The fourth-order valence-corrected chi connectivity index (χ4v) is 3.53. The summed E-state index contributed by atoms with van der Waals surface area (Å²) in [6.45, 7) is 4.30. The van der Waals surface area contributed by atoms with Crippen LogP contribution in [0.1, 0.15) is 18.2 Å². The molecule has 0 atom stereocenters. The smallest absolute Gasteiger partial charge is 0.240 e. The SMILES string of the molecule is CCNC(=NCc1cccc(S(=O)(=O)NCCOC)c1)NCCc1ccco1. The van der Waals surface area contributed by atoms with Crippen LogP contribution in [0.4, 0.5) is 0 Å². The Morgan fingerprint density at radius 3 is 2.75 bits per heavy atom. The van der Waals surface area contributed by atoms with E-state index in [1.165, 1.54) is 7.11 Å². The van der Waals surface area contributed by atoms with Gasteiger partial charge in [-0.1, -0.05) is 12.1 Å². The fraction of sp³-hybridized carbons (Fsp3) is 0.421. The van der Waals surface area contributed by atoms with E-state index in [1.54, 1.807) is 24.5 Å². The van der Waals surface area contributed by atoms with Crippen LogP contribution in [-0.4, -0.2) is 47.7 Å². The van der Waals surface area contributed by atoms with Crippen LogP contribution < -0.4 is 15.4 Å². The molecular weight excluding hydrogens is 380 g/mol. The number of guanidine groups is 1. The molecule has 28 heavy (non-hydrogen) atoms. The van der Waals surface area contributed by atoms with Gasteiger partial charge >= 0.3 is 0 Å². The van der Waals surface area contributed by atoms with E-state index in [1.807, 2.05) is 25.1 Å². The van der Waals surface area contributed by atoms with E-state index in [4.69, 9.17) is 9.15 Å². The molecule has 0 unspecified atom stereocenters. The van der Waals surface area contributed by atoms with Crippen molar-refractivity contribution in [3.05, 3.63) is 54.0 Å². The Morgan fingerprint density at radius 2 is 2.04 bits per heavy atom. The fourth-order valence-electron chi connectivity index (χ4n) is 2.44. The molecule has 1 aromatic heterocycles. The second-order valence-electron chi connectivity index (χ2n) is 5.99. The highest BCUT2D eigenvalue weighted by atomic mass is 32.2. The summed E-state index contributed by atoms with van der Waals surface area (Å²) < 4.78 is 37.3. The van der Waals surface area contributed by atoms with Gasteiger partial charge in [-0.25, -0.2) is 18.1 Å². The monoisotopic (exact) mass is 408 g/mol. The zero-order chi connectivity index (χ0) is 20.2. The van der Waals surface area contributed by atoms with Gasteiger partial charge in [0.05, 0.1) is 24.3 Å². The van der Waals surface area contributed by atoms with E-state index < -0.39 is 10.0 Å². The average molecular weight is 409 g/mol. The van der Waals surface area contributed by atoms with Crippen LogP contribution in [0.3, 0.4) is 0 Å². The first-order valence-corrected chi connectivity index (χ1v) is 10.7. The van der Waals surface area contributed by atoms with Crippen LogP contribution in [0.2, 0.25) is 0 Å². The van der Waals surface area contributed by atoms with Crippen molar-refractivity contribution in [2.24, 2.45) is 4.99 Å². The molecule has 2 aromatic rings. The van der Waals surface area contributed by atoms with Crippen LogP contribution in [0, 0.1) is 0 Å². The molecule has 0 saturated carbocycles. The minimum absolute atomic E-state index is 0.215. The van der Waals surface area contributed by atoms with E-state index >= 15 is 0 Å². The van der Waals surface area contributed by atoms with E-state index in [0.29, 0.717) is 25.7 Å². The summed E-state index contributed by atoms with van der Waals surface area (Å²) in [4.78, 5) is 4.74. The molecule has 0 spiro atoms. The normalized spacial score (nSPS) is 12.1. The molecule has 0 amide bonds. The lowest BCUT2D eigenvalue weighted by molar-refractivity contribution is 0.204. The van der Waals surface area contributed by atoms with Crippen molar-refractivity contribution in [1.82, 2.24) is 15.4 Å². The first-order valence-electron chi connectivity index (χ1n) is 9.17. The van der Waals surface area contributed by atoms with Gasteiger partial charge in [0.2, 0.25) is 10.0 Å². The minimum Gasteiger partial charge on any atom is -0.469 e. The van der Waals surface area contributed by atoms with Crippen LogP contribution in [-0.2, 0) is 27.7 Å². The molecule has 0 saturated heterocycles. The van der Waals surface area contributed by atoms with Crippen molar-refractivity contribution >= 4 is 16.0 Å². The molecule has 0 aliphatic heterocycles. The number of nitrogens with one attached hydrogen (secondary N) is 3. The van der Waals surface area contributed by atoms with Gasteiger partial charge in [-0.05, 0) is 36.8 Å². The molecule has 1 heterocycles. The maximum absolute atomic E-state index is 12.3. The lowest BCUT2D eigenvalue weighted by atomic mass is 10.2. The zero-order valence-corrected chi connectivity index (χ0v) is 17.1. The van der Waals surface area contributed by atoms with Crippen molar-refractivity contribution in [1.29, 1.82) is 0 Å². The van der Waals surface area contributed by atoms with E-state index in [0.717, 1.165) is 24.3 Å². The molecule has 1 aromatic carbocycles. The molecule has 9 heteroatoms. The Hall–Kier alpha value is -2.36. The number of rotatable bonds is 11. The third kappa shape index (κ3) is 7.34. The summed E-state index contributed by atoms with van der Waals surface area (Å²) in [7, 11) is -2.04. The number of nitrogens with zero attached hydrogens (tertiary/aromatic N) is 1. The molecule has 0 aliphatic rings. The highest BCUT2D eigenvalue weighted by molar-refractivity contribution is 7.89. The molecule has 3 N–H and O–H groups in total. The highest BCUT2D eigenvalue weighted by Crippen LogP contribution is 2.12. The number of benzene rings is 1. The summed E-state index contributed by atoms with van der Waals surface area (Å²) in [5, 5.41) is 6.42. The highest BCUT2D eigenvalue weighted by Gasteiger charge is 2.13. The minimum atomic E-state index is -3.56. The first-order chi connectivity index (χ1) is 13.5. The topological polar surface area (TPSA) is 105 Å². The van der Waals surface area contributed by atoms with Crippen molar-refractivity contribution in [2.75, 3.05) is 33.4 Å². The third-order valence-electron chi connectivity index (χ3n) is 3.81. The molecule has 0 aliphatic carbocycles. The average Bonchev–Trinajstić information content (AvgIpc) is 3.20. The standard InChI is InChI=1S/C19H28N4O4S/c1-3-20-19(21-10-9-17-7-5-12-27-17)22-15-16-6-4-8-18(14-16)28(24,25)23-11-13-26-2/h4-8,12,14,23H,3,9-11,13,15H2,1-2H3,(H2,20,21,22). The summed E-state index contributed by atoms with van der Waals surface area (Å²) in [6.07, 6.45) is 2.40. The van der Waals surface area contributed by atoms with Crippen LogP contribution in [0.15, 0.2) is 57.0 Å². The Balaban J connectivity index is 1.97. The van der Waals surface area contributed by atoms with Crippen molar-refractivity contribution in [3.8, 4) is 0 Å². The molecule has 8 nitrogen and oxygen atoms in total. The largest absolute Gasteiger partial charge is 0.469 e. The van der Waals surface area contributed by atoms with Gasteiger partial charge in [-0.15, -0.1) is 0 Å². The van der Waals surface area contributed by atoms with E-state index in [9.17, 15) is 8.42 Å². The quantitative estimate of drug-likeness (QED) is 0.296. The first kappa shape index (κ1) is 21.9. The van der Waals surface area contributed by atoms with Gasteiger partial charge in [0.15, 0.2) is 5.96 Å². The van der Waals surface area contributed by atoms with Gasteiger partial charge in [0.25, 0.3) is 0 Å². The Kier molecular flexibility index (Phi) is 8.99. The van der Waals surface area contributed by atoms with Gasteiger partial charge in [0.1, 0.15) is 5.76 Å². The van der Waals surface area contributed by atoms with Gasteiger partial charge in [-0.3, -0.25) is 0 Å². The van der Waals surface area contributed by atoms with Crippen molar-refractivity contribution < 1.29 is 17.6 Å². The van der Waals surface area contributed by atoms with E-state index in [2.05, 4.69) is 20.3 Å². The second-order valence-corrected chi connectivity index (χ2v) is 7.76. The van der Waals surface area contributed by atoms with Crippen LogP contribution in [0.5, 0.6) is 0 Å². The van der Waals surface area contributed by atoms with Crippen LogP contribution >= 0.6 is 0 Å². The predicted octanol–water partition coefficient (Wildman–Crippen LogP) is 1.50. The van der Waals surface area contributed by atoms with Crippen molar-refractivity contribution in [2.45, 2.75) is 24.8 Å². The Morgan fingerprint density at radius 1 is 1.18 bits per heavy atom. The summed E-state index contributed by atoms with van der Waals surface area (Å²) in [5.41, 5.74) is 0.804. The number of ether oxygens (including phenoxy) is 1. The maximum Gasteiger partial charge on any atom is 0.240 e. The molecule has 0 bridgehead atoms. The Bertz CT molecular complexity index is 835. The molecule has 2 rings (SSSR count). The van der Waals surface area contributed by atoms with Crippen LogP contribution in [0.25, 0.3) is 0 Å². The zero-order valence-electron chi connectivity index (χ0n) is 16.3. The molecule has 154 valence electrons. The Labute approximate surface area is 166 Å².